The Morgan fingerprint density at radius 2 is 2.00 bits per heavy atom. The van der Waals surface area contributed by atoms with Crippen LogP contribution in [-0.2, 0) is 11.3 Å². The zero-order valence-electron chi connectivity index (χ0n) is 16.4. The van der Waals surface area contributed by atoms with Gasteiger partial charge in [-0.25, -0.2) is 4.39 Å². The number of fused-ring (bicyclic) bond motifs is 1. The summed E-state index contributed by atoms with van der Waals surface area (Å²) in [7, 11) is 0. The van der Waals surface area contributed by atoms with Crippen LogP contribution in [0.3, 0.4) is 0 Å². The van der Waals surface area contributed by atoms with Crippen molar-refractivity contribution >= 4 is 33.8 Å². The summed E-state index contributed by atoms with van der Waals surface area (Å²) in [4.78, 5) is 14.9. The molecule has 1 amide bonds. The first-order chi connectivity index (χ1) is 14.5. The van der Waals surface area contributed by atoms with Crippen molar-refractivity contribution in [1.29, 1.82) is 0 Å². The second-order valence-electron chi connectivity index (χ2n) is 7.77. The molecule has 1 aliphatic heterocycles. The van der Waals surface area contributed by atoms with Crippen molar-refractivity contribution in [2.45, 2.75) is 38.6 Å². The summed E-state index contributed by atoms with van der Waals surface area (Å²) in [5.41, 5.74) is 3.17. The molecule has 5 rings (SSSR count). The van der Waals surface area contributed by atoms with E-state index in [1.165, 1.54) is 6.07 Å². The summed E-state index contributed by atoms with van der Waals surface area (Å²) in [5.74, 6) is 0.734. The van der Waals surface area contributed by atoms with Gasteiger partial charge < -0.3 is 9.32 Å². The Balaban J connectivity index is 1.54. The number of benzene rings is 2. The maximum Gasteiger partial charge on any atom is 0.245 e. The Kier molecular flexibility index (Phi) is 4.66. The number of anilines is 1. The minimum Gasteiger partial charge on any atom is -0.421 e. The molecule has 2 aromatic carbocycles. The molecule has 0 bridgehead atoms. The molecule has 3 aromatic rings. The number of hydrogen-bond donors (Lipinski definition) is 0. The van der Waals surface area contributed by atoms with Gasteiger partial charge in [0.2, 0.25) is 17.7 Å². The van der Waals surface area contributed by atoms with Gasteiger partial charge in [-0.05, 0) is 43.0 Å². The van der Waals surface area contributed by atoms with Gasteiger partial charge >= 0.3 is 0 Å². The smallest absolute Gasteiger partial charge is 0.245 e. The van der Waals surface area contributed by atoms with E-state index in [2.05, 4.69) is 10.2 Å². The molecular weight excluding hydrogens is 405 g/mol. The predicted molar refractivity (Wildman–Crippen MR) is 112 cm³/mol. The second kappa shape index (κ2) is 7.36. The van der Waals surface area contributed by atoms with Crippen LogP contribution in [0.2, 0.25) is 0 Å². The third-order valence-electron chi connectivity index (χ3n) is 5.53. The van der Waals surface area contributed by atoms with Crippen molar-refractivity contribution in [2.75, 3.05) is 4.90 Å². The lowest BCUT2D eigenvalue weighted by Gasteiger charge is -2.23. The molecule has 152 valence electrons. The Hall–Kier alpha value is -2.99. The van der Waals surface area contributed by atoms with Gasteiger partial charge in [0.05, 0.1) is 23.7 Å². The van der Waals surface area contributed by atoms with E-state index in [0.717, 1.165) is 12.8 Å². The van der Waals surface area contributed by atoms with Gasteiger partial charge in [0.15, 0.2) is 0 Å². The van der Waals surface area contributed by atoms with Crippen molar-refractivity contribution in [3.05, 3.63) is 76.8 Å². The summed E-state index contributed by atoms with van der Waals surface area (Å²) in [5, 5.41) is 8.70. The topological polar surface area (TPSA) is 59.2 Å². The van der Waals surface area contributed by atoms with Gasteiger partial charge in [0.1, 0.15) is 5.82 Å². The monoisotopic (exact) mass is 423 g/mol. The number of amides is 1. The summed E-state index contributed by atoms with van der Waals surface area (Å²) in [6, 6.07) is 12.4. The fourth-order valence-corrected chi connectivity index (χ4v) is 3.94. The van der Waals surface area contributed by atoms with E-state index in [4.69, 9.17) is 16.0 Å². The molecule has 0 unspecified atom stereocenters. The number of rotatable bonds is 4. The van der Waals surface area contributed by atoms with E-state index in [9.17, 15) is 9.18 Å². The summed E-state index contributed by atoms with van der Waals surface area (Å²) in [6.07, 6.45) is 2.10. The molecule has 7 heteroatoms. The summed E-state index contributed by atoms with van der Waals surface area (Å²) < 4.78 is 19.9. The molecule has 1 fully saturated rings. The van der Waals surface area contributed by atoms with Gasteiger partial charge in [0.25, 0.3) is 0 Å². The zero-order chi connectivity index (χ0) is 20.8. The third-order valence-corrected chi connectivity index (χ3v) is 5.96. The lowest BCUT2D eigenvalue weighted by molar-refractivity contribution is -0.117. The van der Waals surface area contributed by atoms with E-state index in [1.807, 2.05) is 30.3 Å². The van der Waals surface area contributed by atoms with Gasteiger partial charge in [-0.1, -0.05) is 41.9 Å². The van der Waals surface area contributed by atoms with Crippen LogP contribution in [0.1, 0.15) is 53.7 Å². The quantitative estimate of drug-likeness (QED) is 0.560. The lowest BCUT2D eigenvalue weighted by Crippen LogP contribution is -2.30. The lowest BCUT2D eigenvalue weighted by atomic mass is 10.1. The molecule has 0 N–H and O–H groups in total. The first-order valence-corrected chi connectivity index (χ1v) is 10.3. The molecule has 2 heterocycles. The Bertz CT molecular complexity index is 1180. The van der Waals surface area contributed by atoms with Crippen molar-refractivity contribution in [2.24, 2.45) is 0 Å². The normalized spacial score (nSPS) is 16.6. The van der Waals surface area contributed by atoms with E-state index in [0.29, 0.717) is 44.8 Å². The molecular formula is C23H19ClFN3O2. The van der Waals surface area contributed by atoms with Gasteiger partial charge in [-0.3, -0.25) is 4.79 Å². The first-order valence-electron chi connectivity index (χ1n) is 9.88. The van der Waals surface area contributed by atoms with Crippen LogP contribution in [0.15, 0.2) is 46.9 Å². The highest BCUT2D eigenvalue weighted by molar-refractivity contribution is 6.53. The predicted octanol–water partition coefficient (Wildman–Crippen LogP) is 5.44. The highest BCUT2D eigenvalue weighted by atomic mass is 35.5. The van der Waals surface area contributed by atoms with Crippen LogP contribution in [0.25, 0.3) is 10.6 Å². The fraction of sp³-hybridized carbons (Fsp3) is 0.261. The minimum atomic E-state index is -0.293. The highest BCUT2D eigenvalue weighted by Crippen LogP contribution is 2.43. The van der Waals surface area contributed by atoms with Crippen LogP contribution < -0.4 is 4.90 Å². The van der Waals surface area contributed by atoms with Crippen molar-refractivity contribution in [1.82, 2.24) is 10.2 Å². The summed E-state index contributed by atoms with van der Waals surface area (Å²) in [6.45, 7) is 1.95. The van der Waals surface area contributed by atoms with E-state index in [-0.39, 0.29) is 30.6 Å². The summed E-state index contributed by atoms with van der Waals surface area (Å²) >= 11 is 6.75. The van der Waals surface area contributed by atoms with Crippen LogP contribution in [0.4, 0.5) is 10.1 Å². The van der Waals surface area contributed by atoms with Gasteiger partial charge in [-0.15, -0.1) is 10.2 Å². The SMILES string of the molecule is Cc1ccc(CN2C(=O)CC(c3nnc(C4CC4)o3)=C(Cl)c3ccccc32)cc1F. The zero-order valence-corrected chi connectivity index (χ0v) is 17.1. The largest absolute Gasteiger partial charge is 0.421 e. The molecule has 0 saturated heterocycles. The first kappa shape index (κ1) is 19.0. The van der Waals surface area contributed by atoms with E-state index >= 15 is 0 Å². The maximum atomic E-state index is 14.1. The van der Waals surface area contributed by atoms with E-state index in [1.54, 1.807) is 17.9 Å². The van der Waals surface area contributed by atoms with E-state index < -0.39 is 0 Å². The molecule has 5 nitrogen and oxygen atoms in total. The van der Waals surface area contributed by atoms with Crippen LogP contribution in [0.5, 0.6) is 0 Å². The number of aryl methyl sites for hydroxylation is 1. The van der Waals surface area contributed by atoms with Crippen LogP contribution >= 0.6 is 11.6 Å². The maximum absolute atomic E-state index is 14.1. The number of carbonyl (C=O) groups is 1. The number of halogens is 2. The van der Waals surface area contributed by atoms with Crippen LogP contribution in [0, 0.1) is 12.7 Å². The Morgan fingerprint density at radius 1 is 1.20 bits per heavy atom. The van der Waals surface area contributed by atoms with Gasteiger partial charge in [0, 0.05) is 17.1 Å². The van der Waals surface area contributed by atoms with Crippen molar-refractivity contribution in [3.63, 3.8) is 0 Å². The molecule has 1 aromatic heterocycles. The molecule has 30 heavy (non-hydrogen) atoms. The average molecular weight is 424 g/mol. The van der Waals surface area contributed by atoms with Crippen LogP contribution in [-0.4, -0.2) is 16.1 Å². The molecule has 0 spiro atoms. The minimum absolute atomic E-state index is 0.0220. The van der Waals surface area contributed by atoms with Crippen molar-refractivity contribution < 1.29 is 13.6 Å². The Morgan fingerprint density at radius 3 is 2.77 bits per heavy atom. The third kappa shape index (κ3) is 3.41. The number of aromatic nitrogens is 2. The number of nitrogens with zero attached hydrogens (tertiary/aromatic N) is 3. The Labute approximate surface area is 178 Å². The molecule has 0 radical (unpaired) electrons. The van der Waals surface area contributed by atoms with Crippen molar-refractivity contribution in [3.8, 4) is 0 Å². The highest BCUT2D eigenvalue weighted by Gasteiger charge is 2.33. The molecule has 0 atom stereocenters. The molecule has 2 aliphatic rings. The van der Waals surface area contributed by atoms with Gasteiger partial charge in [-0.2, -0.15) is 0 Å². The molecule has 1 aliphatic carbocycles. The number of carbonyl (C=O) groups excluding carboxylic acids is 1. The standard InChI is InChI=1S/C23H19ClFN3O2/c1-13-6-7-14(10-18(13)25)12-28-19-5-3-2-4-16(19)21(24)17(11-20(28)29)23-27-26-22(30-23)15-8-9-15/h2-7,10,15H,8-9,11-12H2,1H3. The number of para-hydroxylation sites is 1. The fourth-order valence-electron chi connectivity index (χ4n) is 3.63. The second-order valence-corrected chi connectivity index (χ2v) is 8.15. The molecule has 1 saturated carbocycles. The number of hydrogen-bond acceptors (Lipinski definition) is 4. The average Bonchev–Trinajstić information content (AvgIpc) is 3.50.